The normalized spacial score (nSPS) is 12.3. The molecule has 1 heterocycles. The average Bonchev–Trinajstić information content (AvgIpc) is 2.51. The predicted molar refractivity (Wildman–Crippen MR) is 56.2 cm³/mol. The van der Waals surface area contributed by atoms with Gasteiger partial charge >= 0.3 is 0 Å². The van der Waals surface area contributed by atoms with Crippen molar-refractivity contribution in [3.63, 3.8) is 0 Å². The summed E-state index contributed by atoms with van der Waals surface area (Å²) in [5, 5.41) is 4.11. The quantitative estimate of drug-likeness (QED) is 0.644. The lowest BCUT2D eigenvalue weighted by molar-refractivity contribution is 0.767. The van der Waals surface area contributed by atoms with Crippen LogP contribution in [0.4, 0.5) is 0 Å². The van der Waals surface area contributed by atoms with Gasteiger partial charge in [-0.3, -0.25) is 4.68 Å². The SMILES string of the molecule is C=C/C=C(\C=C/C)c1cnn(C)c1. The van der Waals surface area contributed by atoms with Crippen molar-refractivity contribution in [2.75, 3.05) is 0 Å². The van der Waals surface area contributed by atoms with Crippen molar-refractivity contribution in [1.29, 1.82) is 0 Å². The molecule has 1 aromatic heterocycles. The molecular formula is C11H14N2. The van der Waals surface area contributed by atoms with Crippen LogP contribution in [0.5, 0.6) is 0 Å². The molecule has 68 valence electrons. The van der Waals surface area contributed by atoms with Gasteiger partial charge in [0.25, 0.3) is 0 Å². The highest BCUT2D eigenvalue weighted by Gasteiger charge is 1.98. The molecule has 0 saturated carbocycles. The Morgan fingerprint density at radius 1 is 1.62 bits per heavy atom. The molecule has 2 heteroatoms. The van der Waals surface area contributed by atoms with Crippen LogP contribution in [-0.4, -0.2) is 9.78 Å². The number of hydrogen-bond acceptors (Lipinski definition) is 1. The zero-order valence-corrected chi connectivity index (χ0v) is 8.07. The van der Waals surface area contributed by atoms with Crippen LogP contribution in [0.1, 0.15) is 12.5 Å². The zero-order valence-electron chi connectivity index (χ0n) is 8.07. The third-order valence-electron chi connectivity index (χ3n) is 1.68. The van der Waals surface area contributed by atoms with E-state index in [-0.39, 0.29) is 0 Å². The summed E-state index contributed by atoms with van der Waals surface area (Å²) < 4.78 is 1.79. The van der Waals surface area contributed by atoms with Crippen molar-refractivity contribution in [3.05, 3.63) is 48.8 Å². The summed E-state index contributed by atoms with van der Waals surface area (Å²) in [6, 6.07) is 0. The molecule has 13 heavy (non-hydrogen) atoms. The molecule has 0 aliphatic heterocycles. The molecule has 0 atom stereocenters. The van der Waals surface area contributed by atoms with Gasteiger partial charge in [-0.1, -0.05) is 30.9 Å². The summed E-state index contributed by atoms with van der Waals surface area (Å²) in [6.07, 6.45) is 11.6. The molecule has 0 saturated heterocycles. The molecule has 0 unspecified atom stereocenters. The highest BCUT2D eigenvalue weighted by molar-refractivity contribution is 5.74. The van der Waals surface area contributed by atoms with E-state index in [9.17, 15) is 0 Å². The largest absolute Gasteiger partial charge is 0.275 e. The lowest BCUT2D eigenvalue weighted by Crippen LogP contribution is -1.84. The van der Waals surface area contributed by atoms with Crippen LogP contribution >= 0.6 is 0 Å². The van der Waals surface area contributed by atoms with Gasteiger partial charge in [0, 0.05) is 18.8 Å². The van der Waals surface area contributed by atoms with E-state index in [1.165, 1.54) is 0 Å². The Bertz CT molecular complexity index is 343. The van der Waals surface area contributed by atoms with Crippen LogP contribution in [0.2, 0.25) is 0 Å². The molecule has 1 aromatic rings. The van der Waals surface area contributed by atoms with Crippen LogP contribution in [0, 0.1) is 0 Å². The molecule has 0 amide bonds. The first kappa shape index (κ1) is 9.52. The first-order chi connectivity index (χ1) is 6.27. The zero-order chi connectivity index (χ0) is 9.68. The standard InChI is InChI=1S/C11H14N2/c1-4-6-10(7-5-2)11-8-12-13(3)9-11/h4-9H,1H2,2-3H3/b7-5-,10-6+. The molecule has 0 aliphatic carbocycles. The smallest absolute Gasteiger partial charge is 0.0568 e. The Hall–Kier alpha value is -1.57. The van der Waals surface area contributed by atoms with Crippen molar-refractivity contribution in [2.45, 2.75) is 6.92 Å². The summed E-state index contributed by atoms with van der Waals surface area (Å²) in [7, 11) is 1.91. The van der Waals surface area contributed by atoms with Crippen molar-refractivity contribution in [2.24, 2.45) is 7.05 Å². The summed E-state index contributed by atoms with van der Waals surface area (Å²) in [4.78, 5) is 0. The highest BCUT2D eigenvalue weighted by atomic mass is 15.2. The molecular weight excluding hydrogens is 160 g/mol. The Kier molecular flexibility index (Phi) is 3.26. The fourth-order valence-electron chi connectivity index (χ4n) is 1.12. The third kappa shape index (κ3) is 2.44. The fourth-order valence-corrected chi connectivity index (χ4v) is 1.12. The van der Waals surface area contributed by atoms with E-state index in [0.29, 0.717) is 0 Å². The molecule has 2 nitrogen and oxygen atoms in total. The topological polar surface area (TPSA) is 17.8 Å². The first-order valence-electron chi connectivity index (χ1n) is 4.22. The van der Waals surface area contributed by atoms with Gasteiger partial charge in [0.2, 0.25) is 0 Å². The Morgan fingerprint density at radius 3 is 2.85 bits per heavy atom. The van der Waals surface area contributed by atoms with Crippen molar-refractivity contribution in [1.82, 2.24) is 9.78 Å². The number of nitrogens with zero attached hydrogens (tertiary/aromatic N) is 2. The minimum Gasteiger partial charge on any atom is -0.275 e. The summed E-state index contributed by atoms with van der Waals surface area (Å²) in [6.45, 7) is 5.67. The molecule has 0 bridgehead atoms. The highest BCUT2D eigenvalue weighted by Crippen LogP contribution is 2.14. The predicted octanol–water partition coefficient (Wildman–Crippen LogP) is 2.57. The summed E-state index contributed by atoms with van der Waals surface area (Å²) in [5.41, 5.74) is 2.24. The van der Waals surface area contributed by atoms with Gasteiger partial charge in [0.05, 0.1) is 6.20 Å². The Balaban J connectivity index is 3.01. The van der Waals surface area contributed by atoms with Gasteiger partial charge in [-0.2, -0.15) is 5.10 Å². The number of allylic oxidation sites excluding steroid dienone is 5. The molecule has 0 radical (unpaired) electrons. The van der Waals surface area contributed by atoms with Gasteiger partial charge in [0.15, 0.2) is 0 Å². The second-order valence-electron chi connectivity index (χ2n) is 2.76. The van der Waals surface area contributed by atoms with Crippen LogP contribution in [-0.2, 0) is 7.05 Å². The van der Waals surface area contributed by atoms with E-state index >= 15 is 0 Å². The number of aromatic nitrogens is 2. The monoisotopic (exact) mass is 174 g/mol. The fraction of sp³-hybridized carbons (Fsp3) is 0.182. The van der Waals surface area contributed by atoms with Crippen LogP contribution in [0.25, 0.3) is 5.57 Å². The molecule has 0 spiro atoms. The van der Waals surface area contributed by atoms with Crippen LogP contribution in [0.15, 0.2) is 43.3 Å². The van der Waals surface area contributed by atoms with E-state index < -0.39 is 0 Å². The summed E-state index contributed by atoms with van der Waals surface area (Å²) >= 11 is 0. The number of aryl methyl sites for hydroxylation is 1. The minimum atomic E-state index is 1.11. The lowest BCUT2D eigenvalue weighted by Gasteiger charge is -1.94. The molecule has 0 N–H and O–H groups in total. The van der Waals surface area contributed by atoms with E-state index in [4.69, 9.17) is 0 Å². The lowest BCUT2D eigenvalue weighted by atomic mass is 10.1. The second-order valence-corrected chi connectivity index (χ2v) is 2.76. The van der Waals surface area contributed by atoms with E-state index in [1.54, 1.807) is 10.8 Å². The number of rotatable bonds is 3. The van der Waals surface area contributed by atoms with Gasteiger partial charge in [0.1, 0.15) is 0 Å². The van der Waals surface area contributed by atoms with Gasteiger partial charge in [-0.25, -0.2) is 0 Å². The maximum Gasteiger partial charge on any atom is 0.0568 e. The maximum atomic E-state index is 4.11. The van der Waals surface area contributed by atoms with Crippen molar-refractivity contribution < 1.29 is 0 Å². The van der Waals surface area contributed by atoms with Gasteiger partial charge in [-0.05, 0) is 12.5 Å². The van der Waals surface area contributed by atoms with Crippen LogP contribution < -0.4 is 0 Å². The Morgan fingerprint density at radius 2 is 2.38 bits per heavy atom. The maximum absolute atomic E-state index is 4.11. The van der Waals surface area contributed by atoms with Gasteiger partial charge < -0.3 is 0 Å². The Labute approximate surface area is 78.9 Å². The molecule has 0 aromatic carbocycles. The van der Waals surface area contributed by atoms with E-state index in [0.717, 1.165) is 11.1 Å². The molecule has 0 aliphatic rings. The molecule has 1 rings (SSSR count). The van der Waals surface area contributed by atoms with E-state index in [1.807, 2.05) is 44.6 Å². The van der Waals surface area contributed by atoms with Crippen molar-refractivity contribution in [3.8, 4) is 0 Å². The van der Waals surface area contributed by atoms with Gasteiger partial charge in [-0.15, -0.1) is 0 Å². The third-order valence-corrected chi connectivity index (χ3v) is 1.68. The molecule has 0 fully saturated rings. The van der Waals surface area contributed by atoms with Crippen LogP contribution in [0.3, 0.4) is 0 Å². The van der Waals surface area contributed by atoms with Crippen molar-refractivity contribution >= 4 is 5.57 Å². The number of hydrogen-bond donors (Lipinski definition) is 0. The average molecular weight is 174 g/mol. The van der Waals surface area contributed by atoms with E-state index in [2.05, 4.69) is 11.7 Å². The summed E-state index contributed by atoms with van der Waals surface area (Å²) in [5.74, 6) is 0. The minimum absolute atomic E-state index is 1.11. The first-order valence-corrected chi connectivity index (χ1v) is 4.22. The second kappa shape index (κ2) is 4.45.